The van der Waals surface area contributed by atoms with Gasteiger partial charge >= 0.3 is 0 Å². The Balaban J connectivity index is 1.67. The molecule has 0 aliphatic rings. The Labute approximate surface area is 118 Å². The van der Waals surface area contributed by atoms with Gasteiger partial charge in [-0.15, -0.1) is 11.3 Å². The number of benzene rings is 1. The van der Waals surface area contributed by atoms with Crippen LogP contribution in [0.15, 0.2) is 40.8 Å². The lowest BCUT2D eigenvalue weighted by atomic mass is 10.2. The molecule has 0 amide bonds. The molecule has 0 saturated heterocycles. The third-order valence-corrected chi connectivity index (χ3v) is 4.19. The van der Waals surface area contributed by atoms with Crippen molar-refractivity contribution in [3.63, 3.8) is 0 Å². The molecule has 0 unspecified atom stereocenters. The lowest BCUT2D eigenvalue weighted by Gasteiger charge is -1.98. The zero-order valence-electron chi connectivity index (χ0n) is 10.1. The molecule has 102 valence electrons. The second-order valence-corrected chi connectivity index (χ2v) is 5.92. The van der Waals surface area contributed by atoms with E-state index < -0.39 is 6.08 Å². The van der Waals surface area contributed by atoms with Crippen LogP contribution in [0, 0.1) is 0 Å². The first-order valence-corrected chi connectivity index (χ1v) is 7.48. The van der Waals surface area contributed by atoms with Gasteiger partial charge in [-0.25, -0.2) is 4.98 Å². The standard InChI is InChI=1S/C13H13F2NOS2/c14-12(15)8-2-1-5-9-17-19-13-16-10-6-3-4-7-11(10)18-13/h3-4,6-8H,1-2,5,9H2. The maximum atomic E-state index is 11.8. The van der Waals surface area contributed by atoms with E-state index in [1.165, 1.54) is 12.0 Å². The number of fused-ring (bicyclic) bond motifs is 1. The third kappa shape index (κ3) is 4.89. The van der Waals surface area contributed by atoms with Crippen LogP contribution in [0.1, 0.15) is 19.3 Å². The number of rotatable bonds is 7. The first-order valence-electron chi connectivity index (χ1n) is 5.92. The molecule has 2 aromatic rings. The van der Waals surface area contributed by atoms with Crippen molar-refractivity contribution in [1.29, 1.82) is 0 Å². The quantitative estimate of drug-likeness (QED) is 0.513. The Hall–Kier alpha value is -0.980. The molecule has 0 bridgehead atoms. The molecule has 2 rings (SSSR count). The van der Waals surface area contributed by atoms with Gasteiger partial charge in [0.25, 0.3) is 6.08 Å². The van der Waals surface area contributed by atoms with Crippen LogP contribution in [0.4, 0.5) is 8.78 Å². The molecule has 0 atom stereocenters. The van der Waals surface area contributed by atoms with Crippen LogP contribution in [0.25, 0.3) is 10.2 Å². The molecule has 6 heteroatoms. The number of hydrogen-bond donors (Lipinski definition) is 0. The number of nitrogens with zero attached hydrogens (tertiary/aromatic N) is 1. The predicted octanol–water partition coefficient (Wildman–Crippen LogP) is 5.27. The molecular formula is C13H13F2NOS2. The number of thiazole rings is 1. The van der Waals surface area contributed by atoms with Crippen molar-refractivity contribution in [2.24, 2.45) is 0 Å². The average molecular weight is 301 g/mol. The van der Waals surface area contributed by atoms with Crippen LogP contribution < -0.4 is 0 Å². The first-order chi connectivity index (χ1) is 9.25. The van der Waals surface area contributed by atoms with E-state index in [9.17, 15) is 8.78 Å². The molecule has 2 nitrogen and oxygen atoms in total. The Kier molecular flexibility index (Phi) is 5.75. The van der Waals surface area contributed by atoms with Crippen LogP contribution >= 0.6 is 23.4 Å². The van der Waals surface area contributed by atoms with Crippen molar-refractivity contribution in [1.82, 2.24) is 4.98 Å². The van der Waals surface area contributed by atoms with E-state index in [0.717, 1.165) is 27.1 Å². The molecule has 0 fully saturated rings. The van der Waals surface area contributed by atoms with Gasteiger partial charge in [-0.2, -0.15) is 8.78 Å². The van der Waals surface area contributed by atoms with Crippen LogP contribution in [-0.2, 0) is 4.18 Å². The van der Waals surface area contributed by atoms with E-state index in [4.69, 9.17) is 4.18 Å². The SMILES string of the molecule is FC(F)=CCCCCOSc1nc2ccccc2s1. The molecule has 19 heavy (non-hydrogen) atoms. The van der Waals surface area contributed by atoms with Crippen molar-refractivity contribution >= 4 is 33.6 Å². The van der Waals surface area contributed by atoms with E-state index in [2.05, 4.69) is 4.98 Å². The third-order valence-electron chi connectivity index (χ3n) is 2.38. The maximum Gasteiger partial charge on any atom is 0.266 e. The summed E-state index contributed by atoms with van der Waals surface area (Å²) in [7, 11) is 0. The molecule has 0 saturated carbocycles. The minimum Gasteiger partial charge on any atom is -0.308 e. The number of para-hydroxylation sites is 1. The highest BCUT2D eigenvalue weighted by atomic mass is 32.2. The fourth-order valence-electron chi connectivity index (χ4n) is 1.50. The second kappa shape index (κ2) is 7.57. The number of unbranched alkanes of at least 4 members (excludes halogenated alkanes) is 2. The van der Waals surface area contributed by atoms with Gasteiger partial charge in [0.15, 0.2) is 4.34 Å². The lowest BCUT2D eigenvalue weighted by molar-refractivity contribution is 0.358. The van der Waals surface area contributed by atoms with Gasteiger partial charge in [-0.1, -0.05) is 12.1 Å². The summed E-state index contributed by atoms with van der Waals surface area (Å²) in [5, 5.41) is 0. The highest BCUT2D eigenvalue weighted by molar-refractivity contribution is 7.96. The molecule has 0 aliphatic heterocycles. The van der Waals surface area contributed by atoms with Crippen molar-refractivity contribution in [2.75, 3.05) is 6.61 Å². The molecular weight excluding hydrogens is 288 g/mol. The summed E-state index contributed by atoms with van der Waals surface area (Å²) in [6.07, 6.45) is 1.21. The Bertz CT molecular complexity index is 519. The largest absolute Gasteiger partial charge is 0.308 e. The van der Waals surface area contributed by atoms with Crippen molar-refractivity contribution in [3.05, 3.63) is 36.4 Å². The molecule has 0 spiro atoms. The Morgan fingerprint density at radius 2 is 2.16 bits per heavy atom. The second-order valence-electron chi connectivity index (χ2n) is 3.84. The highest BCUT2D eigenvalue weighted by Gasteiger charge is 2.03. The minimum atomic E-state index is -1.61. The minimum absolute atomic E-state index is 0.400. The van der Waals surface area contributed by atoms with E-state index in [0.29, 0.717) is 19.4 Å². The Morgan fingerprint density at radius 1 is 1.32 bits per heavy atom. The molecule has 0 radical (unpaired) electrons. The Morgan fingerprint density at radius 3 is 2.95 bits per heavy atom. The fraction of sp³-hybridized carbons (Fsp3) is 0.308. The number of aromatic nitrogens is 1. The number of halogens is 2. The normalized spacial score (nSPS) is 10.8. The summed E-state index contributed by atoms with van der Waals surface area (Å²) in [5.41, 5.74) is 0.974. The monoisotopic (exact) mass is 301 g/mol. The highest BCUT2D eigenvalue weighted by Crippen LogP contribution is 2.29. The summed E-state index contributed by atoms with van der Waals surface area (Å²) in [6.45, 7) is 0.544. The van der Waals surface area contributed by atoms with Crippen LogP contribution in [-0.4, -0.2) is 11.6 Å². The predicted molar refractivity (Wildman–Crippen MR) is 75.6 cm³/mol. The van der Waals surface area contributed by atoms with E-state index >= 15 is 0 Å². The van der Waals surface area contributed by atoms with Gasteiger partial charge in [0.1, 0.15) is 0 Å². The summed E-state index contributed by atoms with van der Waals surface area (Å²) >= 11 is 2.84. The first kappa shape index (κ1) is 14.4. The number of allylic oxidation sites excluding steroid dienone is 1. The van der Waals surface area contributed by atoms with Gasteiger partial charge in [0, 0.05) is 0 Å². The maximum absolute atomic E-state index is 11.8. The lowest BCUT2D eigenvalue weighted by Crippen LogP contribution is -1.86. The van der Waals surface area contributed by atoms with Gasteiger partial charge in [-0.3, -0.25) is 0 Å². The zero-order valence-corrected chi connectivity index (χ0v) is 11.8. The number of hydrogen-bond acceptors (Lipinski definition) is 4. The molecule has 0 N–H and O–H groups in total. The van der Waals surface area contributed by atoms with E-state index in [-0.39, 0.29) is 0 Å². The van der Waals surface area contributed by atoms with Crippen LogP contribution in [0.5, 0.6) is 0 Å². The summed E-state index contributed by atoms with van der Waals surface area (Å²) in [5.74, 6) is 0. The molecule has 1 aromatic carbocycles. The van der Waals surface area contributed by atoms with Crippen LogP contribution in [0.3, 0.4) is 0 Å². The molecule has 0 aliphatic carbocycles. The molecule has 1 aromatic heterocycles. The fourth-order valence-corrected chi connectivity index (χ4v) is 3.18. The topological polar surface area (TPSA) is 22.1 Å². The average Bonchev–Trinajstić information content (AvgIpc) is 2.79. The molecule has 1 heterocycles. The van der Waals surface area contributed by atoms with Crippen molar-refractivity contribution in [2.45, 2.75) is 23.6 Å². The smallest absolute Gasteiger partial charge is 0.266 e. The zero-order chi connectivity index (χ0) is 13.5. The summed E-state index contributed by atoms with van der Waals surface area (Å²) < 4.78 is 30.9. The van der Waals surface area contributed by atoms with Gasteiger partial charge in [-0.05, 0) is 37.5 Å². The van der Waals surface area contributed by atoms with E-state index in [1.807, 2.05) is 24.3 Å². The summed E-state index contributed by atoms with van der Waals surface area (Å²) in [4.78, 5) is 4.42. The van der Waals surface area contributed by atoms with Crippen molar-refractivity contribution < 1.29 is 13.0 Å². The van der Waals surface area contributed by atoms with Gasteiger partial charge in [0.05, 0.1) is 28.9 Å². The van der Waals surface area contributed by atoms with E-state index in [1.54, 1.807) is 11.3 Å². The van der Waals surface area contributed by atoms with Gasteiger partial charge < -0.3 is 4.18 Å². The summed E-state index contributed by atoms with van der Waals surface area (Å²) in [6, 6.07) is 7.92. The van der Waals surface area contributed by atoms with Gasteiger partial charge in [0.2, 0.25) is 0 Å². The van der Waals surface area contributed by atoms with Crippen molar-refractivity contribution in [3.8, 4) is 0 Å². The van der Waals surface area contributed by atoms with Crippen LogP contribution in [0.2, 0.25) is 0 Å².